The molecule has 0 fully saturated rings. The zero-order valence-electron chi connectivity index (χ0n) is 6.76. The van der Waals surface area contributed by atoms with Gasteiger partial charge in [-0.1, -0.05) is 0 Å². The lowest BCUT2D eigenvalue weighted by atomic mass is 10.2. The Morgan fingerprint density at radius 2 is 2.17 bits per heavy atom. The van der Waals surface area contributed by atoms with E-state index in [1.165, 1.54) is 15.8 Å². The van der Waals surface area contributed by atoms with Crippen molar-refractivity contribution in [3.05, 3.63) is 35.1 Å². The van der Waals surface area contributed by atoms with Crippen molar-refractivity contribution in [1.29, 1.82) is 5.26 Å². The van der Waals surface area contributed by atoms with Gasteiger partial charge in [-0.3, -0.25) is 0 Å². The molecule has 1 nitrogen and oxygen atoms in total. The van der Waals surface area contributed by atoms with Crippen molar-refractivity contribution in [3.8, 4) is 6.07 Å². The second-order valence-electron chi connectivity index (χ2n) is 2.87. The first-order chi connectivity index (χ1) is 5.79. The third-order valence-corrected chi connectivity index (χ3v) is 3.15. The van der Waals surface area contributed by atoms with Crippen LogP contribution >= 0.6 is 8.19 Å². The SMILES string of the molecule is Cc1cc2cc(C#N)ccc2[pH]1. The van der Waals surface area contributed by atoms with E-state index in [0.29, 0.717) is 0 Å². The number of hydrogen-bond donors (Lipinski definition) is 0. The Hall–Kier alpha value is -1.25. The number of hydrogen-bond acceptors (Lipinski definition) is 1. The molecule has 0 radical (unpaired) electrons. The number of aryl methyl sites for hydroxylation is 1. The van der Waals surface area contributed by atoms with Gasteiger partial charge in [-0.15, -0.1) is 8.19 Å². The fourth-order valence-electron chi connectivity index (χ4n) is 1.35. The van der Waals surface area contributed by atoms with E-state index in [0.717, 1.165) is 13.8 Å². The molecule has 1 unspecified atom stereocenters. The summed E-state index contributed by atoms with van der Waals surface area (Å²) >= 11 is 0. The monoisotopic (exact) mass is 173 g/mol. The summed E-state index contributed by atoms with van der Waals surface area (Å²) in [5.41, 5.74) is 0.754. The first-order valence-corrected chi connectivity index (χ1v) is 4.79. The normalized spacial score (nSPS) is 10.7. The fourth-order valence-corrected chi connectivity index (χ4v) is 2.46. The van der Waals surface area contributed by atoms with Crippen LogP contribution in [0.5, 0.6) is 0 Å². The van der Waals surface area contributed by atoms with Gasteiger partial charge in [0.15, 0.2) is 0 Å². The molecular formula is C10H8NP. The van der Waals surface area contributed by atoms with Crippen LogP contribution in [-0.2, 0) is 0 Å². The van der Waals surface area contributed by atoms with E-state index in [1.807, 2.05) is 12.1 Å². The third kappa shape index (κ3) is 1.11. The molecule has 0 spiro atoms. The molecule has 2 aromatic rings. The molecular weight excluding hydrogens is 165 g/mol. The van der Waals surface area contributed by atoms with Crippen molar-refractivity contribution in [2.24, 2.45) is 0 Å². The van der Waals surface area contributed by atoms with Crippen LogP contribution in [-0.4, -0.2) is 0 Å². The van der Waals surface area contributed by atoms with Crippen LogP contribution in [0.4, 0.5) is 0 Å². The molecule has 2 rings (SSSR count). The van der Waals surface area contributed by atoms with Gasteiger partial charge in [-0.2, -0.15) is 5.26 Å². The highest BCUT2D eigenvalue weighted by atomic mass is 31.0. The largest absolute Gasteiger partial charge is 0.192 e. The zero-order chi connectivity index (χ0) is 8.55. The second-order valence-corrected chi connectivity index (χ2v) is 4.44. The number of nitrogens with zero attached hydrogens (tertiary/aromatic N) is 1. The van der Waals surface area contributed by atoms with Gasteiger partial charge in [0.1, 0.15) is 0 Å². The third-order valence-electron chi connectivity index (χ3n) is 1.88. The molecule has 0 N–H and O–H groups in total. The van der Waals surface area contributed by atoms with E-state index in [1.54, 1.807) is 0 Å². The Balaban J connectivity index is 2.77. The van der Waals surface area contributed by atoms with E-state index in [-0.39, 0.29) is 0 Å². The van der Waals surface area contributed by atoms with Crippen LogP contribution in [0.3, 0.4) is 0 Å². The van der Waals surface area contributed by atoms with Gasteiger partial charge in [0.2, 0.25) is 0 Å². The van der Waals surface area contributed by atoms with E-state index in [2.05, 4.69) is 25.1 Å². The first kappa shape index (κ1) is 7.40. The molecule has 58 valence electrons. The molecule has 2 heteroatoms. The molecule has 1 heterocycles. The average molecular weight is 173 g/mol. The lowest BCUT2D eigenvalue weighted by Crippen LogP contribution is -1.69. The highest BCUT2D eigenvalue weighted by molar-refractivity contribution is 7.38. The molecule has 1 aromatic heterocycles. The molecule has 0 aliphatic carbocycles. The van der Waals surface area contributed by atoms with Crippen LogP contribution in [0.2, 0.25) is 0 Å². The highest BCUT2D eigenvalue weighted by Gasteiger charge is 1.97. The predicted octanol–water partition coefficient (Wildman–Crippen LogP) is 3.05. The fraction of sp³-hybridized carbons (Fsp3) is 0.100. The van der Waals surface area contributed by atoms with E-state index in [9.17, 15) is 0 Å². The van der Waals surface area contributed by atoms with Crippen LogP contribution in [0.15, 0.2) is 24.3 Å². The summed E-state index contributed by atoms with van der Waals surface area (Å²) in [7, 11) is 0.803. The van der Waals surface area contributed by atoms with Crippen LogP contribution < -0.4 is 0 Å². The number of rotatable bonds is 0. The lowest BCUT2D eigenvalue weighted by molar-refractivity contribution is 1.50. The van der Waals surface area contributed by atoms with Crippen molar-refractivity contribution < 1.29 is 0 Å². The molecule has 0 amide bonds. The molecule has 0 aliphatic rings. The van der Waals surface area contributed by atoms with Gasteiger partial charge in [0, 0.05) is 0 Å². The maximum absolute atomic E-state index is 8.67. The van der Waals surface area contributed by atoms with Crippen LogP contribution in [0.25, 0.3) is 10.5 Å². The minimum absolute atomic E-state index is 0.754. The summed E-state index contributed by atoms with van der Waals surface area (Å²) in [6.45, 7) is 2.13. The molecule has 1 aromatic carbocycles. The average Bonchev–Trinajstić information content (AvgIpc) is 2.43. The van der Waals surface area contributed by atoms with Gasteiger partial charge in [0.25, 0.3) is 0 Å². The maximum atomic E-state index is 8.67. The van der Waals surface area contributed by atoms with E-state index < -0.39 is 0 Å². The van der Waals surface area contributed by atoms with Crippen molar-refractivity contribution in [2.45, 2.75) is 6.92 Å². The zero-order valence-corrected chi connectivity index (χ0v) is 7.76. The van der Waals surface area contributed by atoms with Crippen LogP contribution in [0.1, 0.15) is 10.9 Å². The van der Waals surface area contributed by atoms with Gasteiger partial charge < -0.3 is 0 Å². The minimum atomic E-state index is 0.754. The predicted molar refractivity (Wildman–Crippen MR) is 52.9 cm³/mol. The summed E-state index contributed by atoms with van der Waals surface area (Å²) in [6.07, 6.45) is 0. The quantitative estimate of drug-likeness (QED) is 0.600. The standard InChI is InChI=1S/C10H8NP/c1-7-4-9-5-8(6-11)2-3-10(9)12-7/h2-5,12H,1H3. The van der Waals surface area contributed by atoms with Crippen molar-refractivity contribution >= 4 is 18.7 Å². The van der Waals surface area contributed by atoms with Gasteiger partial charge in [-0.05, 0) is 47.0 Å². The van der Waals surface area contributed by atoms with Crippen molar-refractivity contribution in [2.75, 3.05) is 0 Å². The molecule has 0 saturated heterocycles. The smallest absolute Gasteiger partial charge is 0.0991 e. The van der Waals surface area contributed by atoms with E-state index in [4.69, 9.17) is 5.26 Å². The minimum Gasteiger partial charge on any atom is -0.192 e. The Kier molecular flexibility index (Phi) is 1.64. The lowest BCUT2D eigenvalue weighted by Gasteiger charge is -1.88. The summed E-state index contributed by atoms with van der Waals surface area (Å²) in [4.78, 5) is 0. The Morgan fingerprint density at radius 1 is 1.33 bits per heavy atom. The number of benzene rings is 1. The van der Waals surface area contributed by atoms with Crippen molar-refractivity contribution in [1.82, 2.24) is 0 Å². The van der Waals surface area contributed by atoms with Crippen LogP contribution in [0, 0.1) is 18.3 Å². The van der Waals surface area contributed by atoms with Crippen molar-refractivity contribution in [3.63, 3.8) is 0 Å². The summed E-state index contributed by atoms with van der Waals surface area (Å²) in [5.74, 6) is 0. The number of fused-ring (bicyclic) bond motifs is 1. The van der Waals surface area contributed by atoms with Gasteiger partial charge in [-0.25, -0.2) is 0 Å². The topological polar surface area (TPSA) is 23.8 Å². The summed E-state index contributed by atoms with van der Waals surface area (Å²) < 4.78 is 0. The Bertz CT molecular complexity index is 462. The van der Waals surface area contributed by atoms with Gasteiger partial charge >= 0.3 is 0 Å². The second kappa shape index (κ2) is 2.66. The Morgan fingerprint density at radius 3 is 2.92 bits per heavy atom. The highest BCUT2D eigenvalue weighted by Crippen LogP contribution is 2.29. The molecule has 1 atom stereocenters. The molecule has 12 heavy (non-hydrogen) atoms. The first-order valence-electron chi connectivity index (χ1n) is 3.79. The summed E-state index contributed by atoms with van der Waals surface area (Å²) in [5, 5.41) is 12.7. The molecule has 0 saturated carbocycles. The summed E-state index contributed by atoms with van der Waals surface area (Å²) in [6, 6.07) is 10.2. The van der Waals surface area contributed by atoms with E-state index >= 15 is 0 Å². The molecule has 0 bridgehead atoms. The number of nitriles is 1. The Labute approximate surface area is 72.7 Å². The maximum Gasteiger partial charge on any atom is 0.0991 e. The molecule has 0 aliphatic heterocycles. The van der Waals surface area contributed by atoms with Gasteiger partial charge in [0.05, 0.1) is 11.6 Å².